The largest absolute Gasteiger partial charge is 0.493 e. The molecule has 0 aromatic heterocycles. The zero-order chi connectivity index (χ0) is 18.6. The normalized spacial score (nSPS) is 14.4. The molecule has 7 heteroatoms. The molecule has 1 aliphatic heterocycles. The number of para-hydroxylation sites is 1. The van der Waals surface area contributed by atoms with Crippen LogP contribution >= 0.6 is 0 Å². The molecule has 0 spiro atoms. The van der Waals surface area contributed by atoms with E-state index in [2.05, 4.69) is 0 Å². The van der Waals surface area contributed by atoms with E-state index in [1.807, 2.05) is 0 Å². The number of ether oxygens (including phenoxy) is 4. The molecule has 0 bridgehead atoms. The van der Waals surface area contributed by atoms with Gasteiger partial charge in [0.05, 0.1) is 45.5 Å². The number of carbonyl (C=O) groups excluding carboxylic acids is 2. The molecule has 1 heterocycles. The van der Waals surface area contributed by atoms with Gasteiger partial charge in [0.1, 0.15) is 0 Å². The van der Waals surface area contributed by atoms with Crippen molar-refractivity contribution in [3.63, 3.8) is 0 Å². The number of methoxy groups -OCH3 is 4. The second-order valence-electron chi connectivity index (χ2n) is 5.33. The van der Waals surface area contributed by atoms with Crippen LogP contribution in [0.2, 0.25) is 0 Å². The highest BCUT2D eigenvalue weighted by atomic mass is 16.5. The van der Waals surface area contributed by atoms with Gasteiger partial charge in [-0.3, -0.25) is 0 Å². The van der Waals surface area contributed by atoms with Crippen LogP contribution in [0.15, 0.2) is 41.7 Å². The van der Waals surface area contributed by atoms with Crippen LogP contribution in [0.5, 0.6) is 11.5 Å². The predicted octanol–water partition coefficient (Wildman–Crippen LogP) is 1.85. The molecular formula is C18H21NO6. The first-order chi connectivity index (χ1) is 12.0. The zero-order valence-electron chi connectivity index (χ0n) is 14.9. The van der Waals surface area contributed by atoms with E-state index in [0.717, 1.165) is 0 Å². The maximum absolute atomic E-state index is 12.3. The fraction of sp³-hybridized carbons (Fsp3) is 0.333. The lowest BCUT2D eigenvalue weighted by Gasteiger charge is -2.29. The summed E-state index contributed by atoms with van der Waals surface area (Å²) in [7, 11) is 7.31. The van der Waals surface area contributed by atoms with Crippen molar-refractivity contribution in [2.75, 3.05) is 35.5 Å². The molecule has 7 nitrogen and oxygen atoms in total. The third kappa shape index (κ3) is 3.45. The van der Waals surface area contributed by atoms with Crippen molar-refractivity contribution >= 4 is 11.9 Å². The van der Waals surface area contributed by atoms with Gasteiger partial charge >= 0.3 is 11.9 Å². The van der Waals surface area contributed by atoms with Gasteiger partial charge in [-0.2, -0.15) is 0 Å². The molecule has 0 amide bonds. The van der Waals surface area contributed by atoms with E-state index in [-0.39, 0.29) is 0 Å². The van der Waals surface area contributed by atoms with Crippen molar-refractivity contribution in [2.45, 2.75) is 5.92 Å². The Kier molecular flexibility index (Phi) is 5.69. The van der Waals surface area contributed by atoms with Gasteiger partial charge in [0.15, 0.2) is 11.5 Å². The minimum atomic E-state index is -0.707. The molecule has 1 aromatic rings. The Morgan fingerprint density at radius 2 is 1.48 bits per heavy atom. The van der Waals surface area contributed by atoms with Crippen LogP contribution in [-0.4, -0.2) is 52.3 Å². The summed E-state index contributed by atoms with van der Waals surface area (Å²) in [6, 6.07) is 5.27. The monoisotopic (exact) mass is 347 g/mol. The molecule has 0 N–H and O–H groups in total. The number of nitrogens with zero attached hydrogens (tertiary/aromatic N) is 1. The Morgan fingerprint density at radius 1 is 0.920 bits per heavy atom. The van der Waals surface area contributed by atoms with Gasteiger partial charge in [0.2, 0.25) is 0 Å². The van der Waals surface area contributed by atoms with Gasteiger partial charge in [0, 0.05) is 25.0 Å². The second kappa shape index (κ2) is 7.74. The molecule has 2 rings (SSSR count). The Bertz CT molecular complexity index is 703. The van der Waals surface area contributed by atoms with Gasteiger partial charge in [-0.15, -0.1) is 0 Å². The standard InChI is InChI=1S/C18H21NO6/c1-19-9-12(17(20)24-4)15(13(10-19)18(21)25-5)11-7-6-8-14(22-2)16(11)23-3/h6-10,15H,1-5H3. The number of rotatable bonds is 5. The molecule has 0 aliphatic carbocycles. The summed E-state index contributed by atoms with van der Waals surface area (Å²) < 4.78 is 20.6. The molecule has 0 atom stereocenters. The van der Waals surface area contributed by atoms with E-state index in [1.54, 1.807) is 42.5 Å². The van der Waals surface area contributed by atoms with Crippen LogP contribution in [0.3, 0.4) is 0 Å². The molecule has 0 unspecified atom stereocenters. The van der Waals surface area contributed by atoms with Crippen molar-refractivity contribution in [3.8, 4) is 11.5 Å². The molecule has 1 aromatic carbocycles. The topological polar surface area (TPSA) is 74.3 Å². The molecule has 0 saturated heterocycles. The highest BCUT2D eigenvalue weighted by Crippen LogP contribution is 2.44. The van der Waals surface area contributed by atoms with Crippen molar-refractivity contribution < 1.29 is 28.5 Å². The third-order valence-electron chi connectivity index (χ3n) is 3.89. The van der Waals surface area contributed by atoms with Gasteiger partial charge < -0.3 is 23.8 Å². The molecule has 0 saturated carbocycles. The van der Waals surface area contributed by atoms with E-state index in [9.17, 15) is 9.59 Å². The maximum atomic E-state index is 12.3. The summed E-state index contributed by atoms with van der Waals surface area (Å²) in [6.45, 7) is 0. The predicted molar refractivity (Wildman–Crippen MR) is 90.2 cm³/mol. The zero-order valence-corrected chi connectivity index (χ0v) is 14.9. The number of esters is 2. The molecule has 1 aliphatic rings. The van der Waals surface area contributed by atoms with Crippen LogP contribution in [0.25, 0.3) is 0 Å². The van der Waals surface area contributed by atoms with E-state index in [4.69, 9.17) is 18.9 Å². The average molecular weight is 347 g/mol. The first-order valence-corrected chi connectivity index (χ1v) is 7.51. The van der Waals surface area contributed by atoms with Crippen LogP contribution in [-0.2, 0) is 19.1 Å². The fourth-order valence-electron chi connectivity index (χ4n) is 2.84. The van der Waals surface area contributed by atoms with Crippen molar-refractivity contribution in [1.29, 1.82) is 0 Å². The quantitative estimate of drug-likeness (QED) is 0.753. The van der Waals surface area contributed by atoms with Crippen LogP contribution in [0, 0.1) is 0 Å². The molecule has 25 heavy (non-hydrogen) atoms. The third-order valence-corrected chi connectivity index (χ3v) is 3.89. The Hall–Kier alpha value is -2.96. The van der Waals surface area contributed by atoms with E-state index in [1.165, 1.54) is 28.4 Å². The Balaban J connectivity index is 2.71. The first-order valence-electron chi connectivity index (χ1n) is 7.51. The maximum Gasteiger partial charge on any atom is 0.336 e. The summed E-state index contributed by atoms with van der Waals surface area (Å²) in [5, 5.41) is 0. The summed E-state index contributed by atoms with van der Waals surface area (Å²) >= 11 is 0. The minimum Gasteiger partial charge on any atom is -0.493 e. The summed E-state index contributed by atoms with van der Waals surface area (Å²) in [5.74, 6) is -0.870. The van der Waals surface area contributed by atoms with E-state index < -0.39 is 17.9 Å². The van der Waals surface area contributed by atoms with Crippen LogP contribution in [0.1, 0.15) is 11.5 Å². The lowest BCUT2D eigenvalue weighted by molar-refractivity contribution is -0.137. The number of hydrogen-bond donors (Lipinski definition) is 0. The number of hydrogen-bond acceptors (Lipinski definition) is 7. The van der Waals surface area contributed by atoms with Crippen LogP contribution in [0.4, 0.5) is 0 Å². The lowest BCUT2D eigenvalue weighted by atomic mass is 9.82. The SMILES string of the molecule is COC(=O)C1=CN(C)C=C(C(=O)OC)C1c1cccc(OC)c1OC. The fourth-order valence-corrected chi connectivity index (χ4v) is 2.84. The smallest absolute Gasteiger partial charge is 0.336 e. The van der Waals surface area contributed by atoms with Crippen molar-refractivity contribution in [1.82, 2.24) is 4.90 Å². The summed E-state index contributed by atoms with van der Waals surface area (Å²) in [4.78, 5) is 26.3. The first kappa shape index (κ1) is 18.4. The van der Waals surface area contributed by atoms with E-state index in [0.29, 0.717) is 28.2 Å². The molecule has 134 valence electrons. The van der Waals surface area contributed by atoms with Gasteiger partial charge in [-0.05, 0) is 6.07 Å². The lowest BCUT2D eigenvalue weighted by Crippen LogP contribution is -2.27. The highest BCUT2D eigenvalue weighted by molar-refractivity contribution is 5.98. The number of benzene rings is 1. The summed E-state index contributed by atoms with van der Waals surface area (Å²) in [5.41, 5.74) is 1.18. The van der Waals surface area contributed by atoms with Crippen LogP contribution < -0.4 is 9.47 Å². The van der Waals surface area contributed by atoms with Gasteiger partial charge in [-0.25, -0.2) is 9.59 Å². The van der Waals surface area contributed by atoms with Gasteiger partial charge in [-0.1, -0.05) is 12.1 Å². The Labute approximate surface area is 146 Å². The minimum absolute atomic E-state index is 0.291. The summed E-state index contributed by atoms with van der Waals surface area (Å²) in [6.07, 6.45) is 3.23. The highest BCUT2D eigenvalue weighted by Gasteiger charge is 2.36. The number of carbonyl (C=O) groups is 2. The molecular weight excluding hydrogens is 326 g/mol. The molecule has 0 fully saturated rings. The second-order valence-corrected chi connectivity index (χ2v) is 5.33. The van der Waals surface area contributed by atoms with E-state index >= 15 is 0 Å². The van der Waals surface area contributed by atoms with Gasteiger partial charge in [0.25, 0.3) is 0 Å². The molecule has 0 radical (unpaired) electrons. The Morgan fingerprint density at radius 3 is 1.92 bits per heavy atom. The average Bonchev–Trinajstić information content (AvgIpc) is 2.65. The van der Waals surface area contributed by atoms with Crippen molar-refractivity contribution in [2.24, 2.45) is 0 Å². The van der Waals surface area contributed by atoms with Crippen molar-refractivity contribution in [3.05, 3.63) is 47.3 Å².